The van der Waals surface area contributed by atoms with E-state index in [0.717, 1.165) is 19.4 Å². The highest BCUT2D eigenvalue weighted by atomic mass is 16.5. The summed E-state index contributed by atoms with van der Waals surface area (Å²) in [6, 6.07) is 0.998. The molecule has 0 saturated carbocycles. The summed E-state index contributed by atoms with van der Waals surface area (Å²) in [6.45, 7) is 4.33. The quantitative estimate of drug-likeness (QED) is 0.602. The van der Waals surface area contributed by atoms with Crippen LogP contribution in [-0.4, -0.2) is 54.0 Å². The number of hydrogen-bond donors (Lipinski definition) is 2. The van der Waals surface area contributed by atoms with Crippen molar-refractivity contribution in [2.45, 2.75) is 44.0 Å². The van der Waals surface area contributed by atoms with Crippen molar-refractivity contribution in [2.24, 2.45) is 5.73 Å². The average molecular weight is 200 g/mol. The fourth-order valence-electron chi connectivity index (χ4n) is 2.57. The predicted molar refractivity (Wildman–Crippen MR) is 54.0 cm³/mol. The molecule has 0 aromatic rings. The number of ether oxygens (including phenoxy) is 1. The SMILES string of the molecule is CC1CC(N)CCN1C1COCC1O. The van der Waals surface area contributed by atoms with Gasteiger partial charge < -0.3 is 15.6 Å². The van der Waals surface area contributed by atoms with Crippen LogP contribution in [0.1, 0.15) is 19.8 Å². The zero-order valence-electron chi connectivity index (χ0n) is 8.72. The van der Waals surface area contributed by atoms with Crippen LogP contribution < -0.4 is 5.73 Å². The number of aliphatic hydroxyl groups excluding tert-OH is 1. The van der Waals surface area contributed by atoms with Crippen LogP contribution in [0.25, 0.3) is 0 Å². The summed E-state index contributed by atoms with van der Waals surface area (Å²) in [5.41, 5.74) is 5.90. The molecule has 0 amide bonds. The molecule has 3 N–H and O–H groups in total. The van der Waals surface area contributed by atoms with Gasteiger partial charge >= 0.3 is 0 Å². The first-order chi connectivity index (χ1) is 6.68. The van der Waals surface area contributed by atoms with E-state index in [-0.39, 0.29) is 12.1 Å². The van der Waals surface area contributed by atoms with Gasteiger partial charge in [0.1, 0.15) is 0 Å². The van der Waals surface area contributed by atoms with Crippen molar-refractivity contribution >= 4 is 0 Å². The lowest BCUT2D eigenvalue weighted by Gasteiger charge is -2.40. The van der Waals surface area contributed by atoms with Gasteiger partial charge in [0.2, 0.25) is 0 Å². The third-order valence-electron chi connectivity index (χ3n) is 3.42. The van der Waals surface area contributed by atoms with Gasteiger partial charge in [-0.1, -0.05) is 0 Å². The maximum Gasteiger partial charge on any atom is 0.0950 e. The van der Waals surface area contributed by atoms with Crippen molar-refractivity contribution < 1.29 is 9.84 Å². The second-order valence-electron chi connectivity index (χ2n) is 4.54. The molecule has 2 heterocycles. The van der Waals surface area contributed by atoms with Crippen LogP contribution in [0.4, 0.5) is 0 Å². The van der Waals surface area contributed by atoms with Gasteiger partial charge in [-0.05, 0) is 19.8 Å². The van der Waals surface area contributed by atoms with Crippen LogP contribution in [-0.2, 0) is 4.74 Å². The molecule has 4 heteroatoms. The number of nitrogens with zero attached hydrogens (tertiary/aromatic N) is 1. The van der Waals surface area contributed by atoms with E-state index >= 15 is 0 Å². The van der Waals surface area contributed by atoms with Gasteiger partial charge in [0.15, 0.2) is 0 Å². The van der Waals surface area contributed by atoms with E-state index < -0.39 is 0 Å². The molecule has 0 bridgehead atoms. The third-order valence-corrected chi connectivity index (χ3v) is 3.42. The van der Waals surface area contributed by atoms with Gasteiger partial charge in [0, 0.05) is 18.6 Å². The summed E-state index contributed by atoms with van der Waals surface area (Å²) in [5.74, 6) is 0. The highest BCUT2D eigenvalue weighted by Gasteiger charge is 2.36. The van der Waals surface area contributed by atoms with E-state index in [1.54, 1.807) is 0 Å². The largest absolute Gasteiger partial charge is 0.389 e. The van der Waals surface area contributed by atoms with Crippen molar-refractivity contribution in [3.8, 4) is 0 Å². The third kappa shape index (κ3) is 1.93. The minimum absolute atomic E-state index is 0.192. The number of piperidine rings is 1. The Labute approximate surface area is 85.0 Å². The molecular formula is C10H20N2O2. The average Bonchev–Trinajstić information content (AvgIpc) is 2.52. The van der Waals surface area contributed by atoms with Crippen LogP contribution in [0.2, 0.25) is 0 Å². The maximum atomic E-state index is 9.73. The Bertz CT molecular complexity index is 201. The molecule has 2 fully saturated rings. The Morgan fingerprint density at radius 2 is 2.21 bits per heavy atom. The topological polar surface area (TPSA) is 58.7 Å². The second kappa shape index (κ2) is 4.14. The summed E-state index contributed by atoms with van der Waals surface area (Å²) >= 11 is 0. The Balaban J connectivity index is 1.96. The normalized spacial score (nSPS) is 45.6. The molecule has 2 rings (SSSR count). The summed E-state index contributed by atoms with van der Waals surface area (Å²) in [7, 11) is 0. The fourth-order valence-corrected chi connectivity index (χ4v) is 2.57. The first-order valence-corrected chi connectivity index (χ1v) is 5.45. The molecule has 0 radical (unpaired) electrons. The summed E-state index contributed by atoms with van der Waals surface area (Å²) in [4.78, 5) is 2.35. The lowest BCUT2D eigenvalue weighted by atomic mass is 9.96. The Morgan fingerprint density at radius 3 is 2.79 bits per heavy atom. The van der Waals surface area contributed by atoms with Crippen LogP contribution in [0.3, 0.4) is 0 Å². The molecule has 14 heavy (non-hydrogen) atoms. The van der Waals surface area contributed by atoms with Gasteiger partial charge in [0.05, 0.1) is 25.4 Å². The van der Waals surface area contributed by atoms with Crippen molar-refractivity contribution in [2.75, 3.05) is 19.8 Å². The predicted octanol–water partition coefficient (Wildman–Crippen LogP) is -0.442. The number of hydrogen-bond acceptors (Lipinski definition) is 4. The van der Waals surface area contributed by atoms with E-state index in [4.69, 9.17) is 10.5 Å². The van der Waals surface area contributed by atoms with E-state index in [9.17, 15) is 5.11 Å². The molecule has 2 aliphatic heterocycles. The zero-order valence-corrected chi connectivity index (χ0v) is 8.72. The monoisotopic (exact) mass is 200 g/mol. The number of rotatable bonds is 1. The molecule has 0 aromatic carbocycles. The molecule has 4 nitrogen and oxygen atoms in total. The number of likely N-dealkylation sites (tertiary alicyclic amines) is 1. The first-order valence-electron chi connectivity index (χ1n) is 5.45. The molecular weight excluding hydrogens is 180 g/mol. The highest BCUT2D eigenvalue weighted by Crippen LogP contribution is 2.23. The molecule has 4 unspecified atom stereocenters. The molecule has 82 valence electrons. The van der Waals surface area contributed by atoms with E-state index in [1.165, 1.54) is 0 Å². The standard InChI is InChI=1S/C10H20N2O2/c1-7-4-8(11)2-3-12(7)9-5-14-6-10(9)13/h7-10,13H,2-6,11H2,1H3. The van der Waals surface area contributed by atoms with E-state index in [1.807, 2.05) is 0 Å². The van der Waals surface area contributed by atoms with Crippen molar-refractivity contribution in [3.05, 3.63) is 0 Å². The van der Waals surface area contributed by atoms with Gasteiger partial charge in [0.25, 0.3) is 0 Å². The van der Waals surface area contributed by atoms with Gasteiger partial charge in [-0.3, -0.25) is 4.90 Å². The molecule has 2 saturated heterocycles. The van der Waals surface area contributed by atoms with Crippen LogP contribution >= 0.6 is 0 Å². The van der Waals surface area contributed by atoms with Crippen LogP contribution in [0.5, 0.6) is 0 Å². The van der Waals surface area contributed by atoms with Gasteiger partial charge in [-0.15, -0.1) is 0 Å². The Kier molecular flexibility index (Phi) is 3.07. The Morgan fingerprint density at radius 1 is 1.43 bits per heavy atom. The summed E-state index contributed by atoms with van der Waals surface area (Å²) in [5, 5.41) is 9.73. The van der Waals surface area contributed by atoms with Gasteiger partial charge in [-0.25, -0.2) is 0 Å². The number of aliphatic hydroxyl groups is 1. The van der Waals surface area contributed by atoms with Crippen LogP contribution in [0.15, 0.2) is 0 Å². The molecule has 0 spiro atoms. The minimum atomic E-state index is -0.313. The van der Waals surface area contributed by atoms with E-state index in [2.05, 4.69) is 11.8 Å². The summed E-state index contributed by atoms with van der Waals surface area (Å²) < 4.78 is 5.27. The zero-order chi connectivity index (χ0) is 10.1. The van der Waals surface area contributed by atoms with E-state index in [0.29, 0.717) is 25.3 Å². The maximum absolute atomic E-state index is 9.73. The molecule has 0 aliphatic carbocycles. The highest BCUT2D eigenvalue weighted by molar-refractivity contribution is 4.90. The molecule has 0 aromatic heterocycles. The molecule has 4 atom stereocenters. The Hall–Kier alpha value is -0.160. The lowest BCUT2D eigenvalue weighted by molar-refractivity contribution is 0.0358. The fraction of sp³-hybridized carbons (Fsp3) is 1.00. The van der Waals surface area contributed by atoms with Crippen molar-refractivity contribution in [3.63, 3.8) is 0 Å². The van der Waals surface area contributed by atoms with Gasteiger partial charge in [-0.2, -0.15) is 0 Å². The number of nitrogens with two attached hydrogens (primary N) is 1. The minimum Gasteiger partial charge on any atom is -0.389 e. The second-order valence-corrected chi connectivity index (χ2v) is 4.54. The first kappa shape index (κ1) is 10.4. The van der Waals surface area contributed by atoms with Crippen LogP contribution in [0, 0.1) is 0 Å². The van der Waals surface area contributed by atoms with Crippen molar-refractivity contribution in [1.82, 2.24) is 4.90 Å². The summed E-state index contributed by atoms with van der Waals surface area (Å²) in [6.07, 6.45) is 1.75. The lowest BCUT2D eigenvalue weighted by Crippen LogP contribution is -2.53. The molecule has 2 aliphatic rings. The van der Waals surface area contributed by atoms with Crippen molar-refractivity contribution in [1.29, 1.82) is 0 Å². The smallest absolute Gasteiger partial charge is 0.0950 e.